The van der Waals surface area contributed by atoms with Crippen molar-refractivity contribution in [3.8, 4) is 0 Å². The predicted octanol–water partition coefficient (Wildman–Crippen LogP) is 15.6. The van der Waals surface area contributed by atoms with Gasteiger partial charge in [0.05, 0.1) is 73.1 Å². The molecule has 0 N–H and O–H groups in total. The van der Waals surface area contributed by atoms with Crippen LogP contribution in [0.4, 0.5) is 17.6 Å². The summed E-state index contributed by atoms with van der Waals surface area (Å²) in [5, 5.41) is 1.13. The molecule has 3 saturated carbocycles. The van der Waals surface area contributed by atoms with E-state index in [1.807, 2.05) is 6.07 Å². The molecular formula is C51H58Br5ClF4O10S4. The van der Waals surface area contributed by atoms with Crippen LogP contribution < -0.4 is 0 Å². The largest absolute Gasteiger partial charge is 0.348 e. The highest BCUT2D eigenvalue weighted by atomic mass is 79.9. The summed E-state index contributed by atoms with van der Waals surface area (Å²) in [7, 11) is -2.33. The van der Waals surface area contributed by atoms with Crippen molar-refractivity contribution in [2.24, 2.45) is 17.8 Å². The molecule has 3 spiro atoms. The van der Waals surface area contributed by atoms with Gasteiger partial charge in [-0.3, -0.25) is 0 Å². The van der Waals surface area contributed by atoms with Crippen molar-refractivity contribution in [3.05, 3.63) is 114 Å². The van der Waals surface area contributed by atoms with Crippen molar-refractivity contribution < 1.29 is 62.8 Å². The van der Waals surface area contributed by atoms with Gasteiger partial charge in [0.15, 0.2) is 27.2 Å². The Morgan fingerprint density at radius 2 is 0.880 bits per heavy atom. The second-order valence-corrected chi connectivity index (χ2v) is 28.9. The normalized spacial score (nSPS) is 21.7. The van der Waals surface area contributed by atoms with Crippen molar-refractivity contribution in [3.63, 3.8) is 0 Å². The summed E-state index contributed by atoms with van der Waals surface area (Å²) in [6.45, 7) is 4.27. The molecule has 0 atom stereocenters. The number of thiol groups is 1. The van der Waals surface area contributed by atoms with Crippen molar-refractivity contribution in [2.45, 2.75) is 114 Å². The highest BCUT2D eigenvalue weighted by Crippen LogP contribution is 2.42. The fraction of sp³-hybridized carbons (Fsp3) is 0.529. The summed E-state index contributed by atoms with van der Waals surface area (Å²) >= 11 is 21.3. The summed E-state index contributed by atoms with van der Waals surface area (Å²) < 4.78 is 134. The number of sulfone groups is 1. The number of thioether (sulfide) groups is 1. The SMILES string of the molecule is BrCC1CCC2(CC1)OCCO2.Fc1cc(S)ccc1Br.Fc1cc(SCC2CCC3(CC2)OCCO3)ccc1Br.O=S(=O)(CC1CCC2(CC1)OCCO2)c1ccc(Br)c(F)c1.O=S(=O)(Cl)c1ccc(Br)c(F)c1. The van der Waals surface area contributed by atoms with Gasteiger partial charge in [-0.2, -0.15) is 0 Å². The number of ether oxygens (including phenoxy) is 6. The van der Waals surface area contributed by atoms with Crippen LogP contribution in [0, 0.1) is 41.0 Å². The number of alkyl halides is 1. The summed E-state index contributed by atoms with van der Waals surface area (Å²) in [4.78, 5) is 1.43. The lowest BCUT2D eigenvalue weighted by molar-refractivity contribution is -0.181. The molecule has 75 heavy (non-hydrogen) atoms. The zero-order valence-corrected chi connectivity index (χ0v) is 52.6. The van der Waals surface area contributed by atoms with Gasteiger partial charge in [0.2, 0.25) is 0 Å². The predicted molar refractivity (Wildman–Crippen MR) is 303 cm³/mol. The molecule has 0 radical (unpaired) electrons. The Bertz CT molecular complexity index is 2710. The molecular weight excluding hydrogens is 1410 g/mol. The molecule has 3 saturated heterocycles. The fourth-order valence-corrected chi connectivity index (χ4v) is 14.6. The van der Waals surface area contributed by atoms with Crippen LogP contribution in [-0.2, 0) is 47.3 Å². The third-order valence-electron chi connectivity index (χ3n) is 13.4. The van der Waals surface area contributed by atoms with Crippen LogP contribution in [0.25, 0.3) is 0 Å². The molecule has 0 unspecified atom stereocenters. The van der Waals surface area contributed by atoms with E-state index in [2.05, 4.69) is 92.3 Å². The fourth-order valence-electron chi connectivity index (χ4n) is 9.17. The molecule has 0 aromatic heterocycles. The first-order chi connectivity index (χ1) is 35.5. The van der Waals surface area contributed by atoms with E-state index >= 15 is 0 Å². The van der Waals surface area contributed by atoms with Crippen LogP contribution in [-0.4, -0.2) is 90.7 Å². The van der Waals surface area contributed by atoms with Gasteiger partial charge in [0.1, 0.15) is 23.3 Å². The van der Waals surface area contributed by atoms with E-state index in [1.165, 1.54) is 43.2 Å². The van der Waals surface area contributed by atoms with Crippen molar-refractivity contribution in [1.82, 2.24) is 0 Å². The molecule has 3 aliphatic heterocycles. The Hall–Kier alpha value is -0.350. The average Bonchev–Trinajstić information content (AvgIpc) is 4.17. The molecule has 416 valence electrons. The molecule has 4 aromatic carbocycles. The number of benzene rings is 4. The third kappa shape index (κ3) is 19.7. The summed E-state index contributed by atoms with van der Waals surface area (Å²) in [5.74, 6) is 0.0548. The van der Waals surface area contributed by atoms with E-state index in [0.717, 1.165) is 125 Å². The van der Waals surface area contributed by atoms with E-state index in [4.69, 9.17) is 39.1 Å². The first-order valence-corrected chi connectivity index (χ1v) is 33.9. The topological polar surface area (TPSA) is 124 Å². The Balaban J connectivity index is 0.000000158. The Labute approximate surface area is 493 Å². The molecule has 6 fully saturated rings. The molecule has 6 aliphatic rings. The summed E-state index contributed by atoms with van der Waals surface area (Å²) in [6.07, 6.45) is 11.8. The van der Waals surface area contributed by atoms with E-state index in [1.54, 1.807) is 36.0 Å². The molecule has 3 heterocycles. The molecule has 0 amide bonds. The number of rotatable bonds is 8. The van der Waals surface area contributed by atoms with Gasteiger partial charge in [0, 0.05) is 70.1 Å². The third-order valence-corrected chi connectivity index (χ3v) is 21.6. The van der Waals surface area contributed by atoms with E-state index in [0.29, 0.717) is 33.0 Å². The van der Waals surface area contributed by atoms with Gasteiger partial charge in [-0.15, -0.1) is 24.4 Å². The first-order valence-electron chi connectivity index (χ1n) is 24.2. The second-order valence-electron chi connectivity index (χ2n) is 18.7. The van der Waals surface area contributed by atoms with Crippen LogP contribution in [0.2, 0.25) is 0 Å². The van der Waals surface area contributed by atoms with Gasteiger partial charge in [-0.05, 0) is 193 Å². The molecule has 10 nitrogen and oxygen atoms in total. The van der Waals surface area contributed by atoms with Crippen molar-refractivity contribution in [2.75, 3.05) is 56.5 Å². The summed E-state index contributed by atoms with van der Waals surface area (Å²) in [5.41, 5.74) is 0. The maximum absolute atomic E-state index is 13.5. The monoisotopic (exact) mass is 1460 g/mol. The lowest BCUT2D eigenvalue weighted by Gasteiger charge is -2.35. The zero-order chi connectivity index (χ0) is 54.4. The van der Waals surface area contributed by atoms with Gasteiger partial charge in [-0.1, -0.05) is 15.9 Å². The second kappa shape index (κ2) is 29.6. The lowest BCUT2D eigenvalue weighted by atomic mass is 9.86. The Kier molecular flexibility index (Phi) is 25.2. The maximum atomic E-state index is 13.5. The Morgan fingerprint density at radius 1 is 0.520 bits per heavy atom. The van der Waals surface area contributed by atoms with Gasteiger partial charge >= 0.3 is 0 Å². The van der Waals surface area contributed by atoms with E-state index in [9.17, 15) is 34.4 Å². The lowest BCUT2D eigenvalue weighted by Crippen LogP contribution is -2.36. The smallest absolute Gasteiger partial charge is 0.261 e. The minimum atomic E-state index is -3.83. The van der Waals surface area contributed by atoms with Crippen LogP contribution in [0.3, 0.4) is 0 Å². The van der Waals surface area contributed by atoms with Gasteiger partial charge in [-0.25, -0.2) is 34.4 Å². The number of hydrogen-bond donors (Lipinski definition) is 1. The highest BCUT2D eigenvalue weighted by Gasteiger charge is 2.43. The van der Waals surface area contributed by atoms with Crippen LogP contribution in [0.5, 0.6) is 0 Å². The minimum Gasteiger partial charge on any atom is -0.348 e. The summed E-state index contributed by atoms with van der Waals surface area (Å²) in [6, 6.07) is 17.3. The molecule has 10 rings (SSSR count). The quantitative estimate of drug-likeness (QED) is 0.0596. The Morgan fingerprint density at radius 3 is 1.27 bits per heavy atom. The van der Waals surface area contributed by atoms with Gasteiger partial charge in [0.25, 0.3) is 9.05 Å². The zero-order valence-electron chi connectivity index (χ0n) is 40.5. The van der Waals surface area contributed by atoms with E-state index in [-0.39, 0.29) is 53.6 Å². The maximum Gasteiger partial charge on any atom is 0.261 e. The first kappa shape index (κ1) is 63.8. The molecule has 3 aliphatic carbocycles. The standard InChI is InChI=1S/C15H18BrFO4S.C15H18BrFO2S.C9H15BrO2.C6H3BrClFO2S.C6H4BrFS/c16-13-2-1-12(9-14(13)17)22(18,19)10-11-3-5-15(6-4-11)20-7-8-21-15;16-13-2-1-12(9-14(13)17)20-10-11-3-5-15(6-4-11)18-7-8-19-15;10-7-8-1-3-9(4-2-8)11-5-6-12-9;7-5-2-1-4(3-6(5)9)12(8,10)11;7-5-2-1-4(9)3-6(5)8/h1-2,9,11H,3-8,10H2;1-2,9,11H,3-8,10H2;8H,1-7H2;1-3H;1-3,9H. The molecule has 0 bridgehead atoms. The number of hydrogen-bond acceptors (Lipinski definition) is 12. The average molecular weight is 1470 g/mol. The molecule has 24 heteroatoms. The van der Waals surface area contributed by atoms with Crippen molar-refractivity contribution in [1.29, 1.82) is 0 Å². The number of halogens is 10. The van der Waals surface area contributed by atoms with E-state index < -0.39 is 36.3 Å². The molecule has 4 aromatic rings. The van der Waals surface area contributed by atoms with Crippen LogP contribution in [0.1, 0.15) is 77.0 Å². The minimum absolute atomic E-state index is 0.0434. The van der Waals surface area contributed by atoms with Gasteiger partial charge < -0.3 is 28.4 Å². The van der Waals surface area contributed by atoms with Crippen LogP contribution >= 0.6 is 115 Å². The van der Waals surface area contributed by atoms with Crippen LogP contribution in [0.15, 0.2) is 110 Å². The van der Waals surface area contributed by atoms with Crippen molar-refractivity contribution >= 4 is 134 Å². The highest BCUT2D eigenvalue weighted by molar-refractivity contribution is 9.11.